The lowest BCUT2D eigenvalue weighted by molar-refractivity contribution is 0.354. The molecule has 0 saturated heterocycles. The van der Waals surface area contributed by atoms with Crippen LogP contribution in [0.25, 0.3) is 10.1 Å². The van der Waals surface area contributed by atoms with E-state index in [2.05, 4.69) is 18.2 Å². The number of thiophene rings is 1. The van der Waals surface area contributed by atoms with Gasteiger partial charge in [-0.2, -0.15) is 0 Å². The minimum absolute atomic E-state index is 0.192. The summed E-state index contributed by atoms with van der Waals surface area (Å²) in [6.07, 6.45) is 0. The summed E-state index contributed by atoms with van der Waals surface area (Å²) in [7, 11) is 3.26. The van der Waals surface area contributed by atoms with Crippen LogP contribution in [-0.2, 0) is 0 Å². The summed E-state index contributed by atoms with van der Waals surface area (Å²) in [5.74, 6) is 1.41. The number of halogens is 1. The number of benzene rings is 2. The molecule has 2 aromatic carbocycles. The molecule has 3 aromatic rings. The Hall–Kier alpha value is -1.71. The van der Waals surface area contributed by atoms with Crippen LogP contribution >= 0.6 is 22.9 Å². The number of fused-ring (bicyclic) bond motifs is 1. The lowest BCUT2D eigenvalue weighted by atomic mass is 10.1. The summed E-state index contributed by atoms with van der Waals surface area (Å²) in [4.78, 5) is 1.13. The van der Waals surface area contributed by atoms with E-state index in [1.807, 2.05) is 30.3 Å². The third-order valence-electron chi connectivity index (χ3n) is 3.39. The first-order chi connectivity index (χ1) is 10.2. The van der Waals surface area contributed by atoms with Crippen molar-refractivity contribution in [1.29, 1.82) is 0 Å². The Morgan fingerprint density at radius 1 is 0.952 bits per heavy atom. The number of methoxy groups -OCH3 is 2. The highest BCUT2D eigenvalue weighted by atomic mass is 35.5. The van der Waals surface area contributed by atoms with Gasteiger partial charge in [-0.05, 0) is 35.2 Å². The molecular formula is C17H15ClO2S. The monoisotopic (exact) mass is 318 g/mol. The predicted octanol–water partition coefficient (Wildman–Crippen LogP) is 5.25. The molecule has 1 atom stereocenters. The lowest BCUT2D eigenvalue weighted by Crippen LogP contribution is -1.95. The average molecular weight is 319 g/mol. The molecule has 0 saturated carbocycles. The predicted molar refractivity (Wildman–Crippen MR) is 89.1 cm³/mol. The van der Waals surface area contributed by atoms with Crippen LogP contribution in [0.2, 0.25) is 0 Å². The zero-order chi connectivity index (χ0) is 14.8. The fraction of sp³-hybridized carbons (Fsp3) is 0.176. The molecule has 1 heterocycles. The molecule has 2 nitrogen and oxygen atoms in total. The highest BCUT2D eigenvalue weighted by Gasteiger charge is 2.16. The Morgan fingerprint density at radius 3 is 2.43 bits per heavy atom. The van der Waals surface area contributed by atoms with E-state index in [-0.39, 0.29) is 5.38 Å². The fourth-order valence-electron chi connectivity index (χ4n) is 2.30. The highest BCUT2D eigenvalue weighted by molar-refractivity contribution is 7.19. The van der Waals surface area contributed by atoms with Crippen LogP contribution in [0.15, 0.2) is 48.5 Å². The summed E-state index contributed by atoms with van der Waals surface area (Å²) >= 11 is 8.36. The van der Waals surface area contributed by atoms with Crippen LogP contribution in [-0.4, -0.2) is 14.2 Å². The van der Waals surface area contributed by atoms with Crippen molar-refractivity contribution < 1.29 is 9.47 Å². The quantitative estimate of drug-likeness (QED) is 0.612. The van der Waals surface area contributed by atoms with Gasteiger partial charge in [0, 0.05) is 9.58 Å². The van der Waals surface area contributed by atoms with Gasteiger partial charge in [-0.1, -0.05) is 24.3 Å². The number of hydrogen-bond donors (Lipinski definition) is 0. The highest BCUT2D eigenvalue weighted by Crippen LogP contribution is 2.39. The van der Waals surface area contributed by atoms with E-state index in [0.717, 1.165) is 10.4 Å². The Labute approximate surface area is 132 Å². The van der Waals surface area contributed by atoms with E-state index in [1.165, 1.54) is 10.1 Å². The molecule has 0 N–H and O–H groups in total. The maximum Gasteiger partial charge on any atom is 0.161 e. The minimum Gasteiger partial charge on any atom is -0.493 e. The van der Waals surface area contributed by atoms with Crippen molar-refractivity contribution in [3.8, 4) is 11.5 Å². The van der Waals surface area contributed by atoms with E-state index in [9.17, 15) is 0 Å². The number of rotatable bonds is 4. The third kappa shape index (κ3) is 2.71. The van der Waals surface area contributed by atoms with Crippen molar-refractivity contribution in [2.24, 2.45) is 0 Å². The summed E-state index contributed by atoms with van der Waals surface area (Å²) in [5, 5.41) is 1.03. The van der Waals surface area contributed by atoms with E-state index in [1.54, 1.807) is 25.6 Å². The van der Waals surface area contributed by atoms with Gasteiger partial charge < -0.3 is 9.47 Å². The molecule has 4 heteroatoms. The first-order valence-electron chi connectivity index (χ1n) is 6.57. The van der Waals surface area contributed by atoms with Crippen LogP contribution in [0.3, 0.4) is 0 Å². The van der Waals surface area contributed by atoms with Gasteiger partial charge in [-0.25, -0.2) is 0 Å². The first kappa shape index (κ1) is 14.2. The van der Waals surface area contributed by atoms with Gasteiger partial charge in [-0.3, -0.25) is 0 Å². The molecule has 3 rings (SSSR count). The molecule has 21 heavy (non-hydrogen) atoms. The topological polar surface area (TPSA) is 18.5 Å². The second-order valence-electron chi connectivity index (χ2n) is 4.66. The van der Waals surface area contributed by atoms with Gasteiger partial charge in [0.2, 0.25) is 0 Å². The number of hydrogen-bond acceptors (Lipinski definition) is 3. The molecular weight excluding hydrogens is 304 g/mol. The van der Waals surface area contributed by atoms with Crippen molar-refractivity contribution in [2.45, 2.75) is 5.38 Å². The van der Waals surface area contributed by atoms with Gasteiger partial charge in [0.1, 0.15) is 0 Å². The fourth-order valence-corrected chi connectivity index (χ4v) is 3.71. The maximum atomic E-state index is 6.64. The van der Waals surface area contributed by atoms with Crippen molar-refractivity contribution in [2.75, 3.05) is 14.2 Å². The second kappa shape index (κ2) is 5.96. The second-order valence-corrected chi connectivity index (χ2v) is 6.22. The van der Waals surface area contributed by atoms with Gasteiger partial charge in [0.25, 0.3) is 0 Å². The molecule has 0 spiro atoms. The van der Waals surface area contributed by atoms with E-state index in [4.69, 9.17) is 21.1 Å². The van der Waals surface area contributed by atoms with Crippen molar-refractivity contribution in [3.63, 3.8) is 0 Å². The molecule has 1 unspecified atom stereocenters. The van der Waals surface area contributed by atoms with Gasteiger partial charge >= 0.3 is 0 Å². The molecule has 0 radical (unpaired) electrons. The summed E-state index contributed by atoms with van der Waals surface area (Å²) in [6.45, 7) is 0. The SMILES string of the molecule is COc1ccc(C(Cl)c2cc3ccccc3s2)cc1OC. The molecule has 0 aliphatic rings. The Kier molecular flexibility index (Phi) is 4.04. The van der Waals surface area contributed by atoms with Crippen LogP contribution < -0.4 is 9.47 Å². The van der Waals surface area contributed by atoms with Gasteiger partial charge in [-0.15, -0.1) is 22.9 Å². The van der Waals surface area contributed by atoms with E-state index < -0.39 is 0 Å². The molecule has 0 fully saturated rings. The zero-order valence-corrected chi connectivity index (χ0v) is 13.4. The van der Waals surface area contributed by atoms with Crippen LogP contribution in [0.5, 0.6) is 11.5 Å². The normalized spacial score (nSPS) is 12.3. The molecule has 108 valence electrons. The molecule has 0 aliphatic carbocycles. The van der Waals surface area contributed by atoms with Crippen molar-refractivity contribution >= 4 is 33.0 Å². The summed E-state index contributed by atoms with van der Waals surface area (Å²) in [5.41, 5.74) is 1.00. The van der Waals surface area contributed by atoms with Crippen LogP contribution in [0.1, 0.15) is 15.8 Å². The largest absolute Gasteiger partial charge is 0.493 e. The first-order valence-corrected chi connectivity index (χ1v) is 7.82. The van der Waals surface area contributed by atoms with Crippen LogP contribution in [0.4, 0.5) is 0 Å². The zero-order valence-electron chi connectivity index (χ0n) is 11.8. The average Bonchev–Trinajstić information content (AvgIpc) is 2.97. The van der Waals surface area contributed by atoms with Crippen molar-refractivity contribution in [3.05, 3.63) is 59.0 Å². The summed E-state index contributed by atoms with van der Waals surface area (Å²) < 4.78 is 11.8. The van der Waals surface area contributed by atoms with Crippen LogP contribution in [0, 0.1) is 0 Å². The number of ether oxygens (including phenoxy) is 2. The molecule has 0 amide bonds. The van der Waals surface area contributed by atoms with Gasteiger partial charge in [0.05, 0.1) is 19.6 Å². The Bertz CT molecular complexity index is 733. The maximum absolute atomic E-state index is 6.64. The lowest BCUT2D eigenvalue weighted by Gasteiger charge is -2.12. The van der Waals surface area contributed by atoms with Gasteiger partial charge in [0.15, 0.2) is 11.5 Å². The van der Waals surface area contributed by atoms with Crippen molar-refractivity contribution in [1.82, 2.24) is 0 Å². The summed E-state index contributed by atoms with van der Waals surface area (Å²) in [6, 6.07) is 16.2. The Balaban J connectivity index is 1.99. The molecule has 0 aliphatic heterocycles. The van der Waals surface area contributed by atoms with E-state index in [0.29, 0.717) is 11.5 Å². The van der Waals surface area contributed by atoms with E-state index >= 15 is 0 Å². The Morgan fingerprint density at radius 2 is 1.71 bits per heavy atom. The smallest absolute Gasteiger partial charge is 0.161 e. The standard InChI is InChI=1S/C17H15ClO2S/c1-19-13-8-7-12(9-14(13)20-2)17(18)16-10-11-5-3-4-6-15(11)21-16/h3-10,17H,1-2H3. The number of alkyl halides is 1. The third-order valence-corrected chi connectivity index (χ3v) is 5.19. The molecule has 0 bridgehead atoms. The minimum atomic E-state index is -0.192. The molecule has 1 aromatic heterocycles.